The molecule has 2 aromatic carbocycles. The van der Waals surface area contributed by atoms with E-state index in [1.807, 2.05) is 6.07 Å². The van der Waals surface area contributed by atoms with Crippen molar-refractivity contribution in [2.75, 3.05) is 5.75 Å². The number of halogens is 2. The Morgan fingerprint density at radius 1 is 1.12 bits per heavy atom. The maximum atomic E-state index is 12.6. The topological polar surface area (TPSA) is 58.0 Å². The van der Waals surface area contributed by atoms with Gasteiger partial charge in [0.2, 0.25) is 0 Å². The third-order valence-electron chi connectivity index (χ3n) is 4.09. The predicted molar refractivity (Wildman–Crippen MR) is 100 cm³/mol. The molecule has 2 heterocycles. The molecule has 0 radical (unpaired) electrons. The first-order chi connectivity index (χ1) is 12.0. The zero-order valence-corrected chi connectivity index (χ0v) is 15.2. The Morgan fingerprint density at radius 2 is 1.88 bits per heavy atom. The lowest BCUT2D eigenvalue weighted by Gasteiger charge is -2.12. The molecule has 3 aromatic rings. The molecule has 7 heteroatoms. The molecule has 0 aliphatic carbocycles. The molecule has 4 nitrogen and oxygen atoms in total. The number of hydrogen-bond acceptors (Lipinski definition) is 3. The Kier molecular flexibility index (Phi) is 4.33. The lowest BCUT2D eigenvalue weighted by Crippen LogP contribution is -2.22. The van der Waals surface area contributed by atoms with Crippen molar-refractivity contribution in [3.05, 3.63) is 74.5 Å². The fraction of sp³-hybridized carbons (Fsp3) is 0.111. The van der Waals surface area contributed by atoms with Gasteiger partial charge < -0.3 is 4.55 Å². The molecule has 1 aromatic heterocycles. The van der Waals surface area contributed by atoms with Crippen molar-refractivity contribution in [3.63, 3.8) is 0 Å². The number of nitrogens with zero attached hydrogens (tertiary/aromatic N) is 2. The monoisotopic (exact) mass is 390 g/mol. The van der Waals surface area contributed by atoms with Crippen LogP contribution in [0.1, 0.15) is 5.56 Å². The molecule has 0 saturated carbocycles. The summed E-state index contributed by atoms with van der Waals surface area (Å²) in [7, 11) is 0. The van der Waals surface area contributed by atoms with Gasteiger partial charge in [0.15, 0.2) is 4.90 Å². The third kappa shape index (κ3) is 2.98. The van der Waals surface area contributed by atoms with Crippen molar-refractivity contribution in [2.45, 2.75) is 11.3 Å². The van der Waals surface area contributed by atoms with Crippen LogP contribution in [-0.2, 0) is 17.6 Å². The molecule has 1 aliphatic heterocycles. The van der Waals surface area contributed by atoms with E-state index in [0.717, 1.165) is 5.56 Å². The van der Waals surface area contributed by atoms with Gasteiger partial charge in [0.25, 0.3) is 5.56 Å². The van der Waals surface area contributed by atoms with Gasteiger partial charge in [0.05, 0.1) is 22.0 Å². The number of rotatable bonds is 1. The summed E-state index contributed by atoms with van der Waals surface area (Å²) in [6, 6.07) is 13.8. The summed E-state index contributed by atoms with van der Waals surface area (Å²) < 4.78 is 13.9. The second-order valence-corrected chi connectivity index (χ2v) is 8.01. The highest BCUT2D eigenvalue weighted by Crippen LogP contribution is 2.37. The minimum absolute atomic E-state index is 0.239. The highest BCUT2D eigenvalue weighted by atomic mass is 35.5. The first-order valence-electron chi connectivity index (χ1n) is 7.61. The maximum Gasteiger partial charge on any atom is 0.271 e. The fourth-order valence-electron chi connectivity index (χ4n) is 2.91. The molecule has 126 valence electrons. The summed E-state index contributed by atoms with van der Waals surface area (Å²) in [5.74, 6) is 0.413. The second kappa shape index (κ2) is 6.50. The van der Waals surface area contributed by atoms with Crippen LogP contribution in [-0.4, -0.2) is 20.1 Å². The van der Waals surface area contributed by atoms with Crippen LogP contribution in [0.2, 0.25) is 10.0 Å². The zero-order chi connectivity index (χ0) is 17.6. The standard InChI is InChI=1S/C18H12Cl2N2O2S/c19-12-4-6-13(7-5-12)22-16(23)10-11-8-9-25(24)18-14(17(11)21-22)2-1-3-15(18)20/h1-7,10H,8-9H2. The van der Waals surface area contributed by atoms with E-state index in [9.17, 15) is 9.35 Å². The number of benzene rings is 2. The zero-order valence-electron chi connectivity index (χ0n) is 12.9. The van der Waals surface area contributed by atoms with E-state index in [-0.39, 0.29) is 5.56 Å². The Bertz CT molecular complexity index is 1020. The van der Waals surface area contributed by atoms with Gasteiger partial charge in [0, 0.05) is 17.5 Å². The predicted octanol–water partition coefficient (Wildman–Crippen LogP) is 3.87. The Labute approximate surface area is 157 Å². The Balaban J connectivity index is 1.98. The first-order valence-corrected chi connectivity index (χ1v) is 9.68. The molecular formula is C18H12Cl2N2O2S. The van der Waals surface area contributed by atoms with Gasteiger partial charge >= 0.3 is 0 Å². The summed E-state index contributed by atoms with van der Waals surface area (Å²) in [6.45, 7) is 0. The van der Waals surface area contributed by atoms with Crippen LogP contribution in [0, 0.1) is 0 Å². The van der Waals surface area contributed by atoms with Crippen molar-refractivity contribution in [2.24, 2.45) is 0 Å². The lowest BCUT2D eigenvalue weighted by molar-refractivity contribution is 0.595. The van der Waals surface area contributed by atoms with Gasteiger partial charge in [-0.05, 0) is 53.1 Å². The van der Waals surface area contributed by atoms with E-state index in [4.69, 9.17) is 23.2 Å². The van der Waals surface area contributed by atoms with Crippen LogP contribution in [0.5, 0.6) is 0 Å². The van der Waals surface area contributed by atoms with E-state index < -0.39 is 11.2 Å². The molecule has 1 unspecified atom stereocenters. The molecule has 0 saturated heterocycles. The summed E-state index contributed by atoms with van der Waals surface area (Å²) in [5.41, 5.74) is 2.51. The van der Waals surface area contributed by atoms with Crippen molar-refractivity contribution < 1.29 is 4.55 Å². The fourth-order valence-corrected chi connectivity index (χ4v) is 4.77. The maximum absolute atomic E-state index is 12.6. The summed E-state index contributed by atoms with van der Waals surface area (Å²) in [4.78, 5) is 13.1. The summed E-state index contributed by atoms with van der Waals surface area (Å²) in [6.07, 6.45) is 0.511. The Hall–Kier alpha value is -1.79. The number of fused-ring (bicyclic) bond motifs is 3. The van der Waals surface area contributed by atoms with Crippen LogP contribution in [0.4, 0.5) is 0 Å². The third-order valence-corrected chi connectivity index (χ3v) is 6.24. The van der Waals surface area contributed by atoms with Gasteiger partial charge in [-0.1, -0.05) is 29.3 Å². The van der Waals surface area contributed by atoms with Crippen molar-refractivity contribution in [1.82, 2.24) is 9.78 Å². The average molecular weight is 391 g/mol. The molecule has 1 aliphatic rings. The highest BCUT2D eigenvalue weighted by Gasteiger charge is 2.28. The van der Waals surface area contributed by atoms with Gasteiger partial charge in [-0.2, -0.15) is 9.78 Å². The van der Waals surface area contributed by atoms with E-state index in [0.29, 0.717) is 44.1 Å². The average Bonchev–Trinajstić information content (AvgIpc) is 2.73. The summed E-state index contributed by atoms with van der Waals surface area (Å²) in [5, 5.41) is 5.59. The van der Waals surface area contributed by atoms with Crippen LogP contribution in [0.25, 0.3) is 16.9 Å². The SMILES string of the molecule is O=c1cc2c(nn1-c1ccc(Cl)cc1)-c1cccc(Cl)c1[S+]([O-])CC2. The second-order valence-electron chi connectivity index (χ2n) is 5.66. The molecule has 1 atom stereocenters. The van der Waals surface area contributed by atoms with Crippen LogP contribution in [0.3, 0.4) is 0 Å². The Morgan fingerprint density at radius 3 is 2.64 bits per heavy atom. The highest BCUT2D eigenvalue weighted by molar-refractivity contribution is 7.91. The largest absolute Gasteiger partial charge is 0.611 e. The lowest BCUT2D eigenvalue weighted by atomic mass is 10.0. The van der Waals surface area contributed by atoms with E-state index in [2.05, 4.69) is 5.10 Å². The minimum Gasteiger partial charge on any atom is -0.611 e. The van der Waals surface area contributed by atoms with E-state index >= 15 is 0 Å². The van der Waals surface area contributed by atoms with Crippen molar-refractivity contribution in [3.8, 4) is 16.9 Å². The van der Waals surface area contributed by atoms with Crippen LogP contribution in [0.15, 0.2) is 58.2 Å². The van der Waals surface area contributed by atoms with E-state index in [1.54, 1.807) is 42.5 Å². The van der Waals surface area contributed by atoms with E-state index in [1.165, 1.54) is 4.68 Å². The van der Waals surface area contributed by atoms with Gasteiger partial charge in [-0.3, -0.25) is 4.79 Å². The summed E-state index contributed by atoms with van der Waals surface area (Å²) >= 11 is 11.0. The quantitative estimate of drug-likeness (QED) is 0.592. The number of hydrogen-bond donors (Lipinski definition) is 0. The number of aromatic nitrogens is 2. The molecule has 0 amide bonds. The van der Waals surface area contributed by atoms with Gasteiger partial charge in [-0.25, -0.2) is 0 Å². The molecular weight excluding hydrogens is 379 g/mol. The van der Waals surface area contributed by atoms with Crippen LogP contribution < -0.4 is 5.56 Å². The van der Waals surface area contributed by atoms with Crippen LogP contribution >= 0.6 is 23.2 Å². The normalized spacial score (nSPS) is 16.0. The molecule has 0 N–H and O–H groups in total. The molecule has 0 spiro atoms. The molecule has 0 fully saturated rings. The van der Waals surface area contributed by atoms with Gasteiger partial charge in [-0.15, -0.1) is 0 Å². The van der Waals surface area contributed by atoms with Crippen molar-refractivity contribution >= 4 is 34.4 Å². The first kappa shape index (κ1) is 16.7. The molecule has 4 rings (SSSR count). The smallest absolute Gasteiger partial charge is 0.271 e. The van der Waals surface area contributed by atoms with Crippen molar-refractivity contribution in [1.29, 1.82) is 0 Å². The number of aryl methyl sites for hydroxylation is 1. The molecule has 25 heavy (non-hydrogen) atoms. The molecule has 0 bridgehead atoms. The minimum atomic E-state index is -1.23. The van der Waals surface area contributed by atoms with Gasteiger partial charge in [0.1, 0.15) is 5.75 Å².